The molecule has 5 nitrogen and oxygen atoms in total. The molecule has 0 aliphatic rings. The lowest BCUT2D eigenvalue weighted by atomic mass is 10.1. The SMILES string of the molecule is COCCn1c(SCC(=O)NCc2ccc(C)cc2)nc(C)c1C. The standard InChI is InChI=1S/C18H25N3O2S/c1-13-5-7-16(8-6-13)11-19-17(22)12-24-18-20-14(2)15(3)21(18)9-10-23-4/h5-8H,9-12H2,1-4H3,(H,19,22). The molecule has 0 saturated carbocycles. The molecule has 0 saturated heterocycles. The Morgan fingerprint density at radius 1 is 1.25 bits per heavy atom. The number of hydrogen-bond donors (Lipinski definition) is 1. The van der Waals surface area contributed by atoms with E-state index in [2.05, 4.69) is 33.9 Å². The molecular weight excluding hydrogens is 322 g/mol. The lowest BCUT2D eigenvalue weighted by molar-refractivity contribution is -0.118. The molecule has 0 aliphatic carbocycles. The minimum absolute atomic E-state index is 0.0113. The number of amides is 1. The van der Waals surface area contributed by atoms with Gasteiger partial charge in [0, 0.05) is 25.9 Å². The molecule has 0 unspecified atom stereocenters. The van der Waals surface area contributed by atoms with Gasteiger partial charge in [-0.05, 0) is 26.3 Å². The molecule has 0 fully saturated rings. The fourth-order valence-electron chi connectivity index (χ4n) is 2.27. The molecule has 2 rings (SSSR count). The Kier molecular flexibility index (Phi) is 6.87. The van der Waals surface area contributed by atoms with Gasteiger partial charge < -0.3 is 14.6 Å². The Morgan fingerprint density at radius 3 is 2.62 bits per heavy atom. The molecular formula is C18H25N3O2S. The number of aryl methyl sites for hydroxylation is 2. The average Bonchev–Trinajstić information content (AvgIpc) is 2.84. The van der Waals surface area contributed by atoms with Gasteiger partial charge in [-0.25, -0.2) is 4.98 Å². The zero-order valence-electron chi connectivity index (χ0n) is 14.8. The van der Waals surface area contributed by atoms with Crippen molar-refractivity contribution in [1.29, 1.82) is 0 Å². The van der Waals surface area contributed by atoms with Crippen molar-refractivity contribution in [3.8, 4) is 0 Å². The molecule has 1 heterocycles. The summed E-state index contributed by atoms with van der Waals surface area (Å²) in [6.45, 7) is 8.00. The maximum absolute atomic E-state index is 12.1. The molecule has 1 amide bonds. The Bertz CT molecular complexity index is 680. The van der Waals surface area contributed by atoms with Gasteiger partial charge in [-0.2, -0.15) is 0 Å². The molecule has 130 valence electrons. The number of rotatable bonds is 8. The summed E-state index contributed by atoms with van der Waals surface area (Å²) in [5.41, 5.74) is 4.43. The van der Waals surface area contributed by atoms with Crippen LogP contribution in [0.4, 0.5) is 0 Å². The van der Waals surface area contributed by atoms with Gasteiger partial charge >= 0.3 is 0 Å². The number of aromatic nitrogens is 2. The van der Waals surface area contributed by atoms with Crippen LogP contribution in [0.2, 0.25) is 0 Å². The van der Waals surface area contributed by atoms with Gasteiger partial charge in [-0.15, -0.1) is 0 Å². The van der Waals surface area contributed by atoms with Crippen molar-refractivity contribution in [3.63, 3.8) is 0 Å². The maximum Gasteiger partial charge on any atom is 0.230 e. The van der Waals surface area contributed by atoms with Crippen molar-refractivity contribution in [1.82, 2.24) is 14.9 Å². The average molecular weight is 347 g/mol. The van der Waals surface area contributed by atoms with E-state index in [9.17, 15) is 4.79 Å². The van der Waals surface area contributed by atoms with Crippen molar-refractivity contribution in [2.75, 3.05) is 19.5 Å². The number of nitrogens with zero attached hydrogens (tertiary/aromatic N) is 2. The number of ether oxygens (including phenoxy) is 1. The van der Waals surface area contributed by atoms with Gasteiger partial charge in [-0.1, -0.05) is 41.6 Å². The van der Waals surface area contributed by atoms with Crippen molar-refractivity contribution < 1.29 is 9.53 Å². The van der Waals surface area contributed by atoms with Crippen LogP contribution in [-0.4, -0.2) is 34.9 Å². The Balaban J connectivity index is 1.87. The Hall–Kier alpha value is -1.79. The van der Waals surface area contributed by atoms with Crippen LogP contribution in [0, 0.1) is 20.8 Å². The zero-order valence-corrected chi connectivity index (χ0v) is 15.6. The number of hydrogen-bond acceptors (Lipinski definition) is 4. The molecule has 1 aromatic heterocycles. The Morgan fingerprint density at radius 2 is 1.96 bits per heavy atom. The van der Waals surface area contributed by atoms with Crippen LogP contribution in [0.3, 0.4) is 0 Å². The van der Waals surface area contributed by atoms with Gasteiger partial charge in [0.05, 0.1) is 18.1 Å². The van der Waals surface area contributed by atoms with E-state index < -0.39 is 0 Å². The zero-order chi connectivity index (χ0) is 17.5. The first kappa shape index (κ1) is 18.5. The third kappa shape index (κ3) is 5.11. The van der Waals surface area contributed by atoms with E-state index in [-0.39, 0.29) is 5.91 Å². The topological polar surface area (TPSA) is 56.1 Å². The summed E-state index contributed by atoms with van der Waals surface area (Å²) in [6, 6.07) is 8.17. The number of thioether (sulfide) groups is 1. The lowest BCUT2D eigenvalue weighted by Crippen LogP contribution is -2.24. The molecule has 2 aromatic rings. The Labute approximate surface area is 147 Å². The highest BCUT2D eigenvalue weighted by Gasteiger charge is 2.13. The first-order valence-corrected chi connectivity index (χ1v) is 8.97. The molecule has 24 heavy (non-hydrogen) atoms. The summed E-state index contributed by atoms with van der Waals surface area (Å²) >= 11 is 1.46. The highest BCUT2D eigenvalue weighted by atomic mass is 32.2. The molecule has 1 aromatic carbocycles. The van der Waals surface area contributed by atoms with Crippen LogP contribution in [0.5, 0.6) is 0 Å². The molecule has 1 N–H and O–H groups in total. The molecule has 6 heteroatoms. The van der Waals surface area contributed by atoms with Crippen LogP contribution in [0.25, 0.3) is 0 Å². The van der Waals surface area contributed by atoms with E-state index in [4.69, 9.17) is 4.74 Å². The first-order chi connectivity index (χ1) is 11.5. The number of carbonyl (C=O) groups excluding carboxylic acids is 1. The van der Waals surface area contributed by atoms with Gasteiger partial charge in [0.1, 0.15) is 0 Å². The third-order valence-corrected chi connectivity index (χ3v) is 4.86. The minimum Gasteiger partial charge on any atom is -0.383 e. The van der Waals surface area contributed by atoms with Crippen molar-refractivity contribution >= 4 is 17.7 Å². The van der Waals surface area contributed by atoms with E-state index in [1.165, 1.54) is 17.3 Å². The van der Waals surface area contributed by atoms with E-state index in [1.54, 1.807) is 7.11 Å². The molecule has 0 aliphatic heterocycles. The minimum atomic E-state index is 0.0113. The highest BCUT2D eigenvalue weighted by Crippen LogP contribution is 2.21. The smallest absolute Gasteiger partial charge is 0.230 e. The second-order valence-corrected chi connectivity index (χ2v) is 6.70. The molecule has 0 spiro atoms. The normalized spacial score (nSPS) is 10.8. The van der Waals surface area contributed by atoms with E-state index >= 15 is 0 Å². The predicted molar refractivity (Wildman–Crippen MR) is 97.3 cm³/mol. The maximum atomic E-state index is 12.1. The lowest BCUT2D eigenvalue weighted by Gasteiger charge is -2.09. The van der Waals surface area contributed by atoms with Crippen molar-refractivity contribution in [2.45, 2.75) is 39.0 Å². The number of nitrogens with one attached hydrogen (secondary N) is 1. The van der Waals surface area contributed by atoms with E-state index in [1.807, 2.05) is 26.0 Å². The van der Waals surface area contributed by atoms with Crippen LogP contribution in [0.15, 0.2) is 29.4 Å². The first-order valence-electron chi connectivity index (χ1n) is 7.99. The second kappa shape index (κ2) is 8.89. The largest absolute Gasteiger partial charge is 0.383 e. The fourth-order valence-corrected chi connectivity index (χ4v) is 3.22. The summed E-state index contributed by atoms with van der Waals surface area (Å²) in [5, 5.41) is 3.82. The fraction of sp³-hybridized carbons (Fsp3) is 0.444. The van der Waals surface area contributed by atoms with Crippen LogP contribution < -0.4 is 5.32 Å². The van der Waals surface area contributed by atoms with Crippen LogP contribution in [0.1, 0.15) is 22.5 Å². The van der Waals surface area contributed by atoms with E-state index in [0.29, 0.717) is 18.9 Å². The van der Waals surface area contributed by atoms with Crippen LogP contribution in [-0.2, 0) is 22.6 Å². The molecule has 0 radical (unpaired) electrons. The third-order valence-electron chi connectivity index (χ3n) is 3.88. The summed E-state index contributed by atoms with van der Waals surface area (Å²) < 4.78 is 7.26. The van der Waals surface area contributed by atoms with Crippen molar-refractivity contribution in [3.05, 3.63) is 46.8 Å². The second-order valence-electron chi connectivity index (χ2n) is 5.76. The predicted octanol–water partition coefficient (Wildman–Crippen LogP) is 2.86. The number of methoxy groups -OCH3 is 1. The summed E-state index contributed by atoms with van der Waals surface area (Å²) in [6.07, 6.45) is 0. The monoisotopic (exact) mass is 347 g/mol. The number of imidazole rings is 1. The molecule has 0 atom stereocenters. The molecule has 0 bridgehead atoms. The van der Waals surface area contributed by atoms with Crippen molar-refractivity contribution in [2.24, 2.45) is 0 Å². The number of carbonyl (C=O) groups is 1. The summed E-state index contributed by atoms with van der Waals surface area (Å²) in [7, 11) is 1.68. The number of benzene rings is 1. The summed E-state index contributed by atoms with van der Waals surface area (Å²) in [4.78, 5) is 16.6. The van der Waals surface area contributed by atoms with Crippen LogP contribution >= 0.6 is 11.8 Å². The van der Waals surface area contributed by atoms with Gasteiger partial charge in [0.25, 0.3) is 0 Å². The highest BCUT2D eigenvalue weighted by molar-refractivity contribution is 7.99. The summed E-state index contributed by atoms with van der Waals surface area (Å²) in [5.74, 6) is 0.367. The van der Waals surface area contributed by atoms with Gasteiger partial charge in [-0.3, -0.25) is 4.79 Å². The van der Waals surface area contributed by atoms with E-state index in [0.717, 1.165) is 28.7 Å². The quantitative estimate of drug-likeness (QED) is 0.746. The van der Waals surface area contributed by atoms with Gasteiger partial charge in [0.2, 0.25) is 5.91 Å². The van der Waals surface area contributed by atoms with Gasteiger partial charge in [0.15, 0.2) is 5.16 Å².